The average molecular weight is 369 g/mol. The van der Waals surface area contributed by atoms with Crippen LogP contribution in [0.1, 0.15) is 25.7 Å². The number of alkyl carbamates (subject to hydrolysis) is 2. The number of rotatable bonds is 9. The first kappa shape index (κ1) is 20.8. The topological polar surface area (TPSA) is 107 Å². The third-order valence-electron chi connectivity index (χ3n) is 3.21. The van der Waals surface area contributed by atoms with Crippen molar-refractivity contribution >= 4 is 29.1 Å². The predicted molar refractivity (Wildman–Crippen MR) is 93.3 cm³/mol. The summed E-state index contributed by atoms with van der Waals surface area (Å²) in [4.78, 5) is 38.7. The second-order valence-corrected chi connectivity index (χ2v) is 6.17. The number of amides is 2. The number of aromatic nitrogens is 1. The number of methoxy groups -OCH3 is 2. The zero-order valence-corrected chi connectivity index (χ0v) is 15.1. The van der Waals surface area contributed by atoms with Gasteiger partial charge in [-0.25, -0.2) is 14.6 Å². The monoisotopic (exact) mass is 369 g/mol. The van der Waals surface area contributed by atoms with E-state index in [0.717, 1.165) is 18.2 Å². The number of unbranched alkanes of at least 4 members (excludes halogenated alkanes) is 1. The van der Waals surface area contributed by atoms with Crippen LogP contribution in [0.2, 0.25) is 0 Å². The molecule has 9 heteroatoms. The number of hydrogen-bond donors (Lipinski definition) is 2. The second-order valence-electron chi connectivity index (χ2n) is 5.09. The lowest BCUT2D eigenvalue weighted by atomic mass is 10.1. The Labute approximate surface area is 151 Å². The van der Waals surface area contributed by atoms with Crippen LogP contribution < -0.4 is 10.6 Å². The summed E-state index contributed by atoms with van der Waals surface area (Å²) in [5, 5.41) is 5.77. The summed E-state index contributed by atoms with van der Waals surface area (Å²) in [6, 6.07) is 5.00. The van der Waals surface area contributed by atoms with Crippen LogP contribution >= 0.6 is 11.8 Å². The number of hydrogen-bond acceptors (Lipinski definition) is 7. The van der Waals surface area contributed by atoms with E-state index in [1.54, 1.807) is 24.4 Å². The molecule has 138 valence electrons. The largest absolute Gasteiger partial charge is 0.453 e. The molecule has 8 nitrogen and oxygen atoms in total. The molecular weight excluding hydrogens is 346 g/mol. The molecule has 1 aromatic rings. The van der Waals surface area contributed by atoms with Gasteiger partial charge in [0.1, 0.15) is 5.03 Å². The molecule has 1 atom stereocenters. The van der Waals surface area contributed by atoms with Gasteiger partial charge in [-0.15, -0.1) is 0 Å². The van der Waals surface area contributed by atoms with Gasteiger partial charge in [-0.3, -0.25) is 4.79 Å². The van der Waals surface area contributed by atoms with E-state index in [2.05, 4.69) is 25.1 Å². The van der Waals surface area contributed by atoms with E-state index < -0.39 is 12.2 Å². The first-order valence-electron chi connectivity index (χ1n) is 7.83. The van der Waals surface area contributed by atoms with Crippen LogP contribution in [0, 0.1) is 0 Å². The zero-order valence-electron chi connectivity index (χ0n) is 14.3. The Balaban J connectivity index is 2.42. The van der Waals surface area contributed by atoms with E-state index >= 15 is 0 Å². The quantitative estimate of drug-likeness (QED) is 0.508. The lowest BCUT2D eigenvalue weighted by Crippen LogP contribution is -2.36. The third-order valence-corrected chi connectivity index (χ3v) is 4.06. The van der Waals surface area contributed by atoms with Crippen molar-refractivity contribution in [3.8, 4) is 0 Å². The molecule has 0 fully saturated rings. The summed E-state index contributed by atoms with van der Waals surface area (Å²) in [5.74, 6) is 0. The Kier molecular flexibility index (Phi) is 10.1. The smallest absolute Gasteiger partial charge is 0.407 e. The van der Waals surface area contributed by atoms with E-state index in [1.165, 1.54) is 14.2 Å². The van der Waals surface area contributed by atoms with Crippen LogP contribution in [-0.2, 0) is 14.3 Å². The van der Waals surface area contributed by atoms with Crippen LogP contribution in [-0.4, -0.2) is 49.1 Å². The molecule has 2 N–H and O–H groups in total. The third kappa shape index (κ3) is 9.55. The molecule has 2 amide bonds. The van der Waals surface area contributed by atoms with Crippen LogP contribution in [0.3, 0.4) is 0 Å². The van der Waals surface area contributed by atoms with Crippen molar-refractivity contribution in [1.29, 1.82) is 0 Å². The van der Waals surface area contributed by atoms with E-state index in [4.69, 9.17) is 0 Å². The van der Waals surface area contributed by atoms with Crippen LogP contribution in [0.15, 0.2) is 29.4 Å². The zero-order chi connectivity index (χ0) is 18.5. The normalized spacial score (nSPS) is 11.3. The fourth-order valence-corrected chi connectivity index (χ4v) is 2.77. The Bertz CT molecular complexity index is 556. The summed E-state index contributed by atoms with van der Waals surface area (Å²) in [7, 11) is 2.58. The summed E-state index contributed by atoms with van der Waals surface area (Å²) in [6.07, 6.45) is 2.75. The highest BCUT2D eigenvalue weighted by atomic mass is 32.2. The van der Waals surface area contributed by atoms with Crippen molar-refractivity contribution in [2.24, 2.45) is 0 Å². The van der Waals surface area contributed by atoms with Crippen molar-refractivity contribution in [2.45, 2.75) is 36.8 Å². The molecule has 1 heterocycles. The molecule has 1 rings (SSSR count). The Morgan fingerprint density at radius 1 is 1.16 bits per heavy atom. The molecule has 0 aromatic carbocycles. The molecule has 0 spiro atoms. The Hall–Kier alpha value is -2.29. The first-order valence-corrected chi connectivity index (χ1v) is 8.64. The van der Waals surface area contributed by atoms with Crippen molar-refractivity contribution in [2.75, 3.05) is 20.8 Å². The molecule has 0 bridgehead atoms. The van der Waals surface area contributed by atoms with Gasteiger partial charge in [-0.1, -0.05) is 6.07 Å². The Morgan fingerprint density at radius 3 is 2.56 bits per heavy atom. The van der Waals surface area contributed by atoms with Gasteiger partial charge in [0, 0.05) is 25.2 Å². The fraction of sp³-hybridized carbons (Fsp3) is 0.500. The molecule has 25 heavy (non-hydrogen) atoms. The van der Waals surface area contributed by atoms with E-state index in [1.807, 2.05) is 0 Å². The van der Waals surface area contributed by atoms with Gasteiger partial charge in [0.05, 0.1) is 14.2 Å². The van der Waals surface area contributed by atoms with Crippen molar-refractivity contribution in [3.63, 3.8) is 0 Å². The molecule has 1 aromatic heterocycles. The molecule has 0 aliphatic carbocycles. The van der Waals surface area contributed by atoms with Crippen molar-refractivity contribution in [3.05, 3.63) is 24.4 Å². The highest BCUT2D eigenvalue weighted by Crippen LogP contribution is 2.19. The number of ether oxygens (including phenoxy) is 2. The van der Waals surface area contributed by atoms with Crippen molar-refractivity contribution < 1.29 is 23.9 Å². The molecule has 0 saturated heterocycles. The molecule has 0 saturated carbocycles. The molecule has 1 unspecified atom stereocenters. The van der Waals surface area contributed by atoms with Crippen molar-refractivity contribution in [1.82, 2.24) is 15.6 Å². The minimum absolute atomic E-state index is 0.0900. The van der Waals surface area contributed by atoms with E-state index in [0.29, 0.717) is 24.4 Å². The molecule has 0 radical (unpaired) electrons. The van der Waals surface area contributed by atoms with Crippen LogP contribution in [0.5, 0.6) is 0 Å². The van der Waals surface area contributed by atoms with Gasteiger partial charge in [-0.05, 0) is 43.2 Å². The number of carbonyl (C=O) groups is 3. The first-order chi connectivity index (χ1) is 12.0. The second kappa shape index (κ2) is 12.1. The van der Waals surface area contributed by atoms with Crippen LogP contribution in [0.4, 0.5) is 9.59 Å². The maximum absolute atomic E-state index is 12.2. The average Bonchev–Trinajstić information content (AvgIpc) is 2.61. The number of thioether (sulfide) groups is 1. The number of pyridine rings is 1. The summed E-state index contributed by atoms with van der Waals surface area (Å²) in [6.45, 7) is 0.467. The maximum atomic E-state index is 12.2. The van der Waals surface area contributed by atoms with E-state index in [-0.39, 0.29) is 17.6 Å². The predicted octanol–water partition coefficient (Wildman–Crippen LogP) is 2.34. The molecule has 0 aliphatic rings. The number of nitrogens with zero attached hydrogens (tertiary/aromatic N) is 1. The minimum Gasteiger partial charge on any atom is -0.453 e. The highest BCUT2D eigenvalue weighted by Gasteiger charge is 2.17. The SMILES string of the molecule is COC(=O)NCCCCC(CC(=O)Sc1ccccn1)NC(=O)OC. The maximum Gasteiger partial charge on any atom is 0.407 e. The van der Waals surface area contributed by atoms with Gasteiger partial charge in [0.2, 0.25) is 0 Å². The number of nitrogens with one attached hydrogen (secondary N) is 2. The summed E-state index contributed by atoms with van der Waals surface area (Å²) < 4.78 is 9.08. The molecule has 0 aliphatic heterocycles. The summed E-state index contributed by atoms with van der Waals surface area (Å²) >= 11 is 1.04. The highest BCUT2D eigenvalue weighted by molar-refractivity contribution is 8.13. The summed E-state index contributed by atoms with van der Waals surface area (Å²) in [5.41, 5.74) is 0. The van der Waals surface area contributed by atoms with E-state index in [9.17, 15) is 14.4 Å². The van der Waals surface area contributed by atoms with Gasteiger partial charge < -0.3 is 20.1 Å². The fourth-order valence-electron chi connectivity index (χ4n) is 2.00. The standard InChI is InChI=1S/C16H23N3O5S/c1-23-15(21)18-10-5-3-7-12(19-16(22)24-2)11-14(20)25-13-8-4-6-9-17-13/h4,6,8-9,12H,3,5,7,10-11H2,1-2H3,(H,18,21)(H,19,22). The molecular formula is C16H23N3O5S. The lowest BCUT2D eigenvalue weighted by molar-refractivity contribution is -0.111. The van der Waals surface area contributed by atoms with Gasteiger partial charge in [-0.2, -0.15) is 0 Å². The van der Waals surface area contributed by atoms with Gasteiger partial charge in [0.15, 0.2) is 5.12 Å². The Morgan fingerprint density at radius 2 is 1.92 bits per heavy atom. The number of carbonyl (C=O) groups excluding carboxylic acids is 3. The minimum atomic E-state index is -0.576. The van der Waals surface area contributed by atoms with Gasteiger partial charge in [0.25, 0.3) is 0 Å². The lowest BCUT2D eigenvalue weighted by Gasteiger charge is -2.17. The van der Waals surface area contributed by atoms with Crippen LogP contribution in [0.25, 0.3) is 0 Å². The van der Waals surface area contributed by atoms with Gasteiger partial charge >= 0.3 is 12.2 Å².